The third-order valence-corrected chi connectivity index (χ3v) is 3.47. The Kier molecular flexibility index (Phi) is 3.79. The van der Waals surface area contributed by atoms with Crippen molar-refractivity contribution in [2.75, 3.05) is 6.54 Å². The molecule has 0 saturated carbocycles. The molecule has 2 heterocycles. The van der Waals surface area contributed by atoms with Gasteiger partial charge in [-0.25, -0.2) is 0 Å². The van der Waals surface area contributed by atoms with Gasteiger partial charge in [0.1, 0.15) is 5.76 Å². The molecule has 1 atom stereocenters. The van der Waals surface area contributed by atoms with Crippen molar-refractivity contribution < 1.29 is 4.42 Å². The lowest BCUT2D eigenvalue weighted by Crippen LogP contribution is -2.22. The highest BCUT2D eigenvalue weighted by Gasteiger charge is 2.13. The van der Waals surface area contributed by atoms with Crippen LogP contribution < -0.4 is 5.32 Å². The van der Waals surface area contributed by atoms with Gasteiger partial charge in [0, 0.05) is 24.0 Å². The van der Waals surface area contributed by atoms with Crippen molar-refractivity contribution in [1.29, 1.82) is 0 Å². The Morgan fingerprint density at radius 3 is 2.95 bits per heavy atom. The topological polar surface area (TPSA) is 38.1 Å². The van der Waals surface area contributed by atoms with Gasteiger partial charge in [0.05, 0.1) is 11.8 Å². The van der Waals surface area contributed by atoms with Crippen LogP contribution in [0.5, 0.6) is 0 Å². The lowest BCUT2D eigenvalue weighted by Gasteiger charge is -2.17. The molecule has 0 aliphatic carbocycles. The van der Waals surface area contributed by atoms with Gasteiger partial charge in [-0.15, -0.1) is 0 Å². The Bertz CT molecular complexity index is 676. The maximum atomic E-state index is 5.47. The molecule has 1 N–H and O–H groups in total. The highest BCUT2D eigenvalue weighted by atomic mass is 16.3. The van der Waals surface area contributed by atoms with Crippen LogP contribution in [0, 0.1) is 0 Å². The molecule has 2 aromatic heterocycles. The summed E-state index contributed by atoms with van der Waals surface area (Å²) in [5, 5.41) is 4.69. The number of fused-ring (bicyclic) bond motifs is 1. The molecule has 102 valence electrons. The zero-order valence-corrected chi connectivity index (χ0v) is 11.5. The fraction of sp³-hybridized carbons (Fsp3) is 0.235. The van der Waals surface area contributed by atoms with Gasteiger partial charge < -0.3 is 9.73 Å². The molecule has 0 fully saturated rings. The molecule has 20 heavy (non-hydrogen) atoms. The lowest BCUT2D eigenvalue weighted by atomic mass is 10.0. The molecular formula is C17H18N2O. The normalized spacial score (nSPS) is 12.7. The van der Waals surface area contributed by atoms with Crippen LogP contribution in [0.4, 0.5) is 0 Å². The fourth-order valence-corrected chi connectivity index (χ4v) is 2.50. The van der Waals surface area contributed by atoms with Crippen LogP contribution in [-0.4, -0.2) is 11.5 Å². The minimum atomic E-state index is 0.260. The molecule has 0 spiro atoms. The fourth-order valence-electron chi connectivity index (χ4n) is 2.50. The second-order valence-electron chi connectivity index (χ2n) is 4.85. The first kappa shape index (κ1) is 12.9. The van der Waals surface area contributed by atoms with Gasteiger partial charge in [-0.1, -0.05) is 19.1 Å². The predicted octanol–water partition coefficient (Wildman–Crippen LogP) is 3.72. The smallest absolute Gasteiger partial charge is 0.105 e. The first-order chi connectivity index (χ1) is 9.86. The number of likely N-dealkylation sites (N-methyl/N-ethyl adjacent to an activating group) is 1. The average molecular weight is 266 g/mol. The van der Waals surface area contributed by atoms with Crippen LogP contribution in [0.1, 0.15) is 24.3 Å². The van der Waals surface area contributed by atoms with Crippen LogP contribution in [0.2, 0.25) is 0 Å². The highest BCUT2D eigenvalue weighted by molar-refractivity contribution is 5.79. The molecule has 0 aliphatic heterocycles. The summed E-state index contributed by atoms with van der Waals surface area (Å²) in [4.78, 5) is 4.36. The minimum absolute atomic E-state index is 0.260. The minimum Gasteiger partial charge on any atom is -0.469 e. The van der Waals surface area contributed by atoms with E-state index in [9.17, 15) is 0 Å². The molecule has 0 amide bonds. The summed E-state index contributed by atoms with van der Waals surface area (Å²) < 4.78 is 5.47. The average Bonchev–Trinajstić information content (AvgIpc) is 2.99. The molecule has 0 saturated heterocycles. The molecular weight excluding hydrogens is 248 g/mol. The number of nitrogens with zero attached hydrogens (tertiary/aromatic N) is 1. The Morgan fingerprint density at radius 1 is 1.20 bits per heavy atom. The van der Waals surface area contributed by atoms with Crippen molar-refractivity contribution in [2.24, 2.45) is 0 Å². The summed E-state index contributed by atoms with van der Waals surface area (Å²) in [5.74, 6) is 1.00. The van der Waals surface area contributed by atoms with E-state index < -0.39 is 0 Å². The molecule has 0 aliphatic rings. The van der Waals surface area contributed by atoms with Crippen LogP contribution in [-0.2, 0) is 6.42 Å². The van der Waals surface area contributed by atoms with Crippen molar-refractivity contribution >= 4 is 10.9 Å². The summed E-state index contributed by atoms with van der Waals surface area (Å²) in [6.45, 7) is 3.05. The number of benzene rings is 1. The zero-order valence-electron chi connectivity index (χ0n) is 11.5. The number of nitrogens with one attached hydrogen (secondary N) is 1. The number of aromatic nitrogens is 1. The summed E-state index contributed by atoms with van der Waals surface area (Å²) in [7, 11) is 0. The monoisotopic (exact) mass is 266 g/mol. The molecule has 3 aromatic rings. The second kappa shape index (κ2) is 5.88. The molecule has 0 radical (unpaired) electrons. The van der Waals surface area contributed by atoms with E-state index in [1.54, 1.807) is 6.26 Å². The van der Waals surface area contributed by atoms with Gasteiger partial charge in [-0.3, -0.25) is 4.98 Å². The number of hydrogen-bond acceptors (Lipinski definition) is 3. The van der Waals surface area contributed by atoms with Crippen LogP contribution >= 0.6 is 0 Å². The van der Waals surface area contributed by atoms with Gasteiger partial charge in [-0.05, 0) is 42.4 Å². The zero-order chi connectivity index (χ0) is 13.8. The standard InChI is InChI=1S/C17H18N2O/c1-2-18-17(12-15-6-4-10-20-15)14-7-8-16-13(11-14)5-3-9-19-16/h3-11,17-18H,2,12H2,1H3. The Labute approximate surface area is 118 Å². The Hall–Kier alpha value is -2.13. The quantitative estimate of drug-likeness (QED) is 0.764. The number of furan rings is 1. The maximum Gasteiger partial charge on any atom is 0.105 e. The molecule has 3 nitrogen and oxygen atoms in total. The van der Waals surface area contributed by atoms with E-state index >= 15 is 0 Å². The van der Waals surface area contributed by atoms with Crippen LogP contribution in [0.25, 0.3) is 10.9 Å². The summed E-state index contributed by atoms with van der Waals surface area (Å²) in [6, 6.07) is 14.7. The highest BCUT2D eigenvalue weighted by Crippen LogP contribution is 2.22. The van der Waals surface area contributed by atoms with E-state index in [-0.39, 0.29) is 6.04 Å². The van der Waals surface area contributed by atoms with Gasteiger partial charge >= 0.3 is 0 Å². The van der Waals surface area contributed by atoms with Gasteiger partial charge in [0.15, 0.2) is 0 Å². The molecule has 3 heteroatoms. The van der Waals surface area contributed by atoms with Crippen molar-refractivity contribution in [1.82, 2.24) is 10.3 Å². The van der Waals surface area contributed by atoms with Crippen molar-refractivity contribution in [3.05, 3.63) is 66.2 Å². The third kappa shape index (κ3) is 2.73. The van der Waals surface area contributed by atoms with E-state index in [1.165, 1.54) is 10.9 Å². The van der Waals surface area contributed by atoms with E-state index in [4.69, 9.17) is 4.42 Å². The largest absolute Gasteiger partial charge is 0.469 e. The molecule has 1 unspecified atom stereocenters. The maximum absolute atomic E-state index is 5.47. The number of rotatable bonds is 5. The van der Waals surface area contributed by atoms with Crippen LogP contribution in [0.15, 0.2) is 59.3 Å². The van der Waals surface area contributed by atoms with Crippen molar-refractivity contribution in [3.63, 3.8) is 0 Å². The Balaban J connectivity index is 1.91. The first-order valence-electron chi connectivity index (χ1n) is 6.97. The summed E-state index contributed by atoms with van der Waals surface area (Å²) in [5.41, 5.74) is 2.30. The van der Waals surface area contributed by atoms with Crippen molar-refractivity contribution in [2.45, 2.75) is 19.4 Å². The van der Waals surface area contributed by atoms with E-state index in [2.05, 4.69) is 41.5 Å². The van der Waals surface area contributed by atoms with Gasteiger partial charge in [-0.2, -0.15) is 0 Å². The number of pyridine rings is 1. The lowest BCUT2D eigenvalue weighted by molar-refractivity contribution is 0.455. The van der Waals surface area contributed by atoms with E-state index in [0.717, 1.165) is 24.2 Å². The third-order valence-electron chi connectivity index (χ3n) is 3.47. The van der Waals surface area contributed by atoms with Crippen molar-refractivity contribution in [3.8, 4) is 0 Å². The number of hydrogen-bond donors (Lipinski definition) is 1. The summed E-state index contributed by atoms with van der Waals surface area (Å²) in [6.07, 6.45) is 4.40. The predicted molar refractivity (Wildman–Crippen MR) is 80.6 cm³/mol. The Morgan fingerprint density at radius 2 is 2.15 bits per heavy atom. The molecule has 0 bridgehead atoms. The molecule has 3 rings (SSSR count). The van der Waals surface area contributed by atoms with E-state index in [1.807, 2.05) is 24.4 Å². The van der Waals surface area contributed by atoms with E-state index in [0.29, 0.717) is 0 Å². The second-order valence-corrected chi connectivity index (χ2v) is 4.85. The van der Waals surface area contributed by atoms with Crippen LogP contribution in [0.3, 0.4) is 0 Å². The first-order valence-corrected chi connectivity index (χ1v) is 6.97. The molecule has 1 aromatic carbocycles. The summed E-state index contributed by atoms with van der Waals surface area (Å²) >= 11 is 0. The van der Waals surface area contributed by atoms with Gasteiger partial charge in [0.25, 0.3) is 0 Å². The SMILES string of the molecule is CCNC(Cc1ccco1)c1ccc2ncccc2c1. The van der Waals surface area contributed by atoms with Gasteiger partial charge in [0.2, 0.25) is 0 Å².